The molecular weight excluding hydrogens is 281 g/mol. The summed E-state index contributed by atoms with van der Waals surface area (Å²) in [6.07, 6.45) is 0.136. The molecule has 1 saturated carbocycles. The summed E-state index contributed by atoms with van der Waals surface area (Å²) in [5.41, 5.74) is -0.929. The average Bonchev–Trinajstić information content (AvgIpc) is 2.45. The van der Waals surface area contributed by atoms with Crippen molar-refractivity contribution in [2.45, 2.75) is 38.8 Å². The summed E-state index contributed by atoms with van der Waals surface area (Å²) in [6.45, 7) is 2.90. The Balaban J connectivity index is 2.02. The van der Waals surface area contributed by atoms with Crippen molar-refractivity contribution in [3.63, 3.8) is 0 Å². The molecule has 0 saturated heterocycles. The van der Waals surface area contributed by atoms with E-state index in [9.17, 15) is 13.2 Å². The molecule has 1 heterocycles. The molecule has 0 amide bonds. The minimum Gasteiger partial charge on any atom is -0.370 e. The first kappa shape index (κ1) is 15.9. The second kappa shape index (κ2) is 6.49. The molecule has 2 rings (SSSR count). The summed E-state index contributed by atoms with van der Waals surface area (Å²) in [4.78, 5) is 7.47. The Morgan fingerprint density at radius 3 is 2.43 bits per heavy atom. The number of anilines is 2. The van der Waals surface area contributed by atoms with E-state index in [1.807, 2.05) is 0 Å². The minimum absolute atomic E-state index is 0.0235. The van der Waals surface area contributed by atoms with E-state index in [1.54, 1.807) is 0 Å². The first-order valence-electron chi connectivity index (χ1n) is 7.26. The average molecular weight is 302 g/mol. The highest BCUT2D eigenvalue weighted by Gasteiger charge is 2.33. The Morgan fingerprint density at radius 1 is 1.19 bits per heavy atom. The molecule has 0 aromatic carbocycles. The van der Waals surface area contributed by atoms with Gasteiger partial charge in [-0.3, -0.25) is 0 Å². The maximum Gasteiger partial charge on any atom is 0.433 e. The number of rotatable bonds is 4. The molecule has 0 radical (unpaired) electrons. The fourth-order valence-electron chi connectivity index (χ4n) is 2.58. The van der Waals surface area contributed by atoms with Gasteiger partial charge in [-0.15, -0.1) is 0 Å². The van der Waals surface area contributed by atoms with Crippen LogP contribution in [0.2, 0.25) is 0 Å². The molecule has 0 unspecified atom stereocenters. The van der Waals surface area contributed by atoms with Gasteiger partial charge in [-0.05, 0) is 24.7 Å². The summed E-state index contributed by atoms with van der Waals surface area (Å²) < 4.78 is 38.3. The van der Waals surface area contributed by atoms with Crippen LogP contribution in [0.5, 0.6) is 0 Å². The molecule has 1 aromatic rings. The summed E-state index contributed by atoms with van der Waals surface area (Å²) in [5.74, 6) is 1.46. The predicted molar refractivity (Wildman–Crippen MR) is 76.2 cm³/mol. The van der Waals surface area contributed by atoms with Gasteiger partial charge in [0.05, 0.1) is 0 Å². The number of halogens is 3. The summed E-state index contributed by atoms with van der Waals surface area (Å²) in [5, 5.41) is 5.59. The largest absolute Gasteiger partial charge is 0.433 e. The molecule has 0 bridgehead atoms. The van der Waals surface area contributed by atoms with Crippen molar-refractivity contribution < 1.29 is 13.2 Å². The molecule has 21 heavy (non-hydrogen) atoms. The van der Waals surface area contributed by atoms with Gasteiger partial charge in [0.1, 0.15) is 5.82 Å². The van der Waals surface area contributed by atoms with Crippen LogP contribution in [-0.2, 0) is 6.18 Å². The third-order valence-corrected chi connectivity index (χ3v) is 3.95. The molecule has 1 fully saturated rings. The zero-order chi connectivity index (χ0) is 15.5. The maximum atomic E-state index is 12.8. The van der Waals surface area contributed by atoms with Crippen LogP contribution >= 0.6 is 0 Å². The lowest BCUT2D eigenvalue weighted by atomic mass is 9.83. The fourth-order valence-corrected chi connectivity index (χ4v) is 2.58. The number of hydrogen-bond donors (Lipinski definition) is 2. The van der Waals surface area contributed by atoms with Gasteiger partial charge in [-0.2, -0.15) is 18.2 Å². The zero-order valence-electron chi connectivity index (χ0n) is 12.3. The summed E-state index contributed by atoms with van der Waals surface area (Å²) >= 11 is 0. The lowest BCUT2D eigenvalue weighted by Crippen LogP contribution is -2.21. The Hall–Kier alpha value is -1.53. The number of nitrogens with zero attached hydrogens (tertiary/aromatic N) is 2. The Bertz CT molecular complexity index is 468. The Morgan fingerprint density at radius 2 is 1.86 bits per heavy atom. The second-order valence-electron chi connectivity index (χ2n) is 5.72. The highest BCUT2D eigenvalue weighted by Crippen LogP contribution is 2.31. The molecule has 118 valence electrons. The zero-order valence-corrected chi connectivity index (χ0v) is 12.3. The van der Waals surface area contributed by atoms with Gasteiger partial charge in [0.15, 0.2) is 5.69 Å². The molecular formula is C14H21F3N4. The van der Waals surface area contributed by atoms with Crippen LogP contribution in [0.15, 0.2) is 6.07 Å². The second-order valence-corrected chi connectivity index (χ2v) is 5.72. The lowest BCUT2D eigenvalue weighted by Gasteiger charge is -2.26. The van der Waals surface area contributed by atoms with Gasteiger partial charge in [0, 0.05) is 19.7 Å². The quantitative estimate of drug-likeness (QED) is 0.889. The molecule has 4 nitrogen and oxygen atoms in total. The first-order valence-corrected chi connectivity index (χ1v) is 7.26. The van der Waals surface area contributed by atoms with Crippen molar-refractivity contribution in [1.29, 1.82) is 0 Å². The third kappa shape index (κ3) is 4.47. The Labute approximate surface area is 122 Å². The molecule has 0 aliphatic heterocycles. The SMILES string of the molecule is CNc1nc(NCC2CCC(C)CC2)cc(C(F)(F)F)n1. The lowest BCUT2D eigenvalue weighted by molar-refractivity contribution is -0.141. The molecule has 1 aromatic heterocycles. The van der Waals surface area contributed by atoms with Crippen LogP contribution in [0, 0.1) is 11.8 Å². The van der Waals surface area contributed by atoms with Crippen molar-refractivity contribution in [2.24, 2.45) is 11.8 Å². The predicted octanol–water partition coefficient (Wildman–Crippen LogP) is 3.78. The van der Waals surface area contributed by atoms with Crippen LogP contribution in [0.25, 0.3) is 0 Å². The van der Waals surface area contributed by atoms with Crippen LogP contribution in [0.3, 0.4) is 0 Å². The van der Waals surface area contributed by atoms with Crippen LogP contribution in [0.1, 0.15) is 38.3 Å². The fraction of sp³-hybridized carbons (Fsp3) is 0.714. The normalized spacial score (nSPS) is 22.9. The van der Waals surface area contributed by atoms with Crippen molar-refractivity contribution >= 4 is 11.8 Å². The van der Waals surface area contributed by atoms with Crippen molar-refractivity contribution in [3.8, 4) is 0 Å². The van der Waals surface area contributed by atoms with Gasteiger partial charge >= 0.3 is 6.18 Å². The first-order chi connectivity index (χ1) is 9.88. The summed E-state index contributed by atoms with van der Waals surface area (Å²) in [7, 11) is 1.50. The van der Waals surface area contributed by atoms with E-state index >= 15 is 0 Å². The number of nitrogens with one attached hydrogen (secondary N) is 2. The molecule has 0 spiro atoms. The molecule has 7 heteroatoms. The number of aromatic nitrogens is 2. The maximum absolute atomic E-state index is 12.8. The van der Waals surface area contributed by atoms with E-state index in [2.05, 4.69) is 27.5 Å². The minimum atomic E-state index is -4.47. The van der Waals surface area contributed by atoms with E-state index < -0.39 is 11.9 Å². The van der Waals surface area contributed by atoms with Gasteiger partial charge in [-0.25, -0.2) is 4.98 Å². The monoisotopic (exact) mass is 302 g/mol. The highest BCUT2D eigenvalue weighted by molar-refractivity contribution is 5.42. The van der Waals surface area contributed by atoms with Crippen molar-refractivity contribution in [3.05, 3.63) is 11.8 Å². The number of hydrogen-bond acceptors (Lipinski definition) is 4. The van der Waals surface area contributed by atoms with Crippen molar-refractivity contribution in [2.75, 3.05) is 24.2 Å². The van der Waals surface area contributed by atoms with Crippen LogP contribution < -0.4 is 10.6 Å². The van der Waals surface area contributed by atoms with Crippen molar-refractivity contribution in [1.82, 2.24) is 9.97 Å². The summed E-state index contributed by atoms with van der Waals surface area (Å²) in [6, 6.07) is 0.965. The molecule has 2 N–H and O–H groups in total. The van der Waals surface area contributed by atoms with Gasteiger partial charge in [0.25, 0.3) is 0 Å². The number of alkyl halides is 3. The van der Waals surface area contributed by atoms with Crippen LogP contribution in [0.4, 0.5) is 24.9 Å². The smallest absolute Gasteiger partial charge is 0.370 e. The third-order valence-electron chi connectivity index (χ3n) is 3.95. The van der Waals surface area contributed by atoms with Crippen LogP contribution in [-0.4, -0.2) is 23.6 Å². The topological polar surface area (TPSA) is 49.8 Å². The van der Waals surface area contributed by atoms with E-state index in [4.69, 9.17) is 0 Å². The molecule has 0 atom stereocenters. The standard InChI is InChI=1S/C14H21F3N4/c1-9-3-5-10(6-4-9)8-19-12-7-11(14(15,16)17)20-13(18-2)21-12/h7,9-10H,3-6,8H2,1-2H3,(H2,18,19,20,21). The molecule has 1 aliphatic carbocycles. The van der Waals surface area contributed by atoms with Gasteiger partial charge < -0.3 is 10.6 Å². The Kier molecular flexibility index (Phi) is 4.90. The van der Waals surface area contributed by atoms with Gasteiger partial charge in [0.2, 0.25) is 5.95 Å². The molecule has 1 aliphatic rings. The van der Waals surface area contributed by atoms with E-state index in [0.717, 1.165) is 24.8 Å². The van der Waals surface area contributed by atoms with E-state index in [0.29, 0.717) is 12.5 Å². The highest BCUT2D eigenvalue weighted by atomic mass is 19.4. The van der Waals surface area contributed by atoms with Gasteiger partial charge in [-0.1, -0.05) is 19.8 Å². The van der Waals surface area contributed by atoms with E-state index in [1.165, 1.54) is 19.9 Å². The van der Waals surface area contributed by atoms with E-state index in [-0.39, 0.29) is 11.8 Å².